The summed E-state index contributed by atoms with van der Waals surface area (Å²) in [5.74, 6) is 0. The number of rotatable bonds is 1. The van der Waals surface area contributed by atoms with Crippen molar-refractivity contribution in [2.24, 2.45) is 0 Å². The first-order chi connectivity index (χ1) is 6.61. The Bertz CT molecular complexity index is 519. The zero-order valence-electron chi connectivity index (χ0n) is 7.21. The van der Waals surface area contributed by atoms with Gasteiger partial charge in [0.2, 0.25) is 0 Å². The van der Waals surface area contributed by atoms with Crippen LogP contribution in [0.1, 0.15) is 5.56 Å². The zero-order valence-corrected chi connectivity index (χ0v) is 10.4. The van der Waals surface area contributed by atoms with Gasteiger partial charge < -0.3 is 0 Å². The van der Waals surface area contributed by atoms with Gasteiger partial charge in [0, 0.05) is 0 Å². The fourth-order valence-electron chi connectivity index (χ4n) is 1.34. The monoisotopic (exact) mass is 264 g/mol. The molecule has 1 heterocycles. The van der Waals surface area contributed by atoms with Crippen LogP contribution in [-0.4, -0.2) is 4.21 Å². The van der Waals surface area contributed by atoms with Crippen LogP contribution in [0, 0.1) is 6.92 Å². The lowest BCUT2D eigenvalue weighted by Crippen LogP contribution is -1.78. The average Bonchev–Trinajstić information content (AvgIpc) is 2.46. The van der Waals surface area contributed by atoms with Crippen LogP contribution in [0.2, 0.25) is 5.02 Å². The van der Waals surface area contributed by atoms with Gasteiger partial charge in [0.1, 0.15) is 4.21 Å². The Kier molecular flexibility index (Phi) is 2.84. The van der Waals surface area contributed by atoms with Crippen molar-refractivity contribution in [1.29, 1.82) is 0 Å². The zero-order chi connectivity index (χ0) is 10.3. The molecule has 14 heavy (non-hydrogen) atoms. The van der Waals surface area contributed by atoms with E-state index in [-0.39, 0.29) is 0 Å². The van der Waals surface area contributed by atoms with E-state index in [0.717, 1.165) is 15.6 Å². The predicted molar refractivity (Wildman–Crippen MR) is 63.8 cm³/mol. The molecule has 1 nitrogen and oxygen atoms in total. The second kappa shape index (κ2) is 3.81. The molecule has 1 unspecified atom stereocenters. The number of benzene rings is 1. The molecule has 0 aliphatic carbocycles. The van der Waals surface area contributed by atoms with Crippen molar-refractivity contribution >= 4 is 53.7 Å². The van der Waals surface area contributed by atoms with Crippen LogP contribution >= 0.6 is 33.6 Å². The van der Waals surface area contributed by atoms with Crippen molar-refractivity contribution in [3.8, 4) is 0 Å². The van der Waals surface area contributed by atoms with Gasteiger partial charge in [0.05, 0.1) is 9.72 Å². The molecule has 0 bridgehead atoms. The minimum Gasteiger partial charge on any atom is -0.236 e. The van der Waals surface area contributed by atoms with E-state index >= 15 is 0 Å². The highest BCUT2D eigenvalue weighted by Crippen LogP contribution is 2.37. The quantitative estimate of drug-likeness (QED) is 0.709. The van der Waals surface area contributed by atoms with Gasteiger partial charge in [-0.15, -0.1) is 11.3 Å². The van der Waals surface area contributed by atoms with Crippen molar-refractivity contribution in [1.82, 2.24) is 0 Å². The molecule has 0 aliphatic rings. The number of hydrogen-bond acceptors (Lipinski definition) is 2. The summed E-state index contributed by atoms with van der Waals surface area (Å²) in [5, 5.41) is 1.72. The van der Waals surface area contributed by atoms with Crippen LogP contribution < -0.4 is 0 Å². The molecule has 0 fully saturated rings. The molecule has 2 rings (SSSR count). The van der Waals surface area contributed by atoms with Crippen LogP contribution in [0.5, 0.6) is 0 Å². The maximum Gasteiger partial charge on any atom is 0.158 e. The molecule has 1 aromatic heterocycles. The molecule has 0 aliphatic heterocycles. The van der Waals surface area contributed by atoms with E-state index < -0.39 is 10.0 Å². The first-order valence-corrected chi connectivity index (χ1v) is 7.04. The summed E-state index contributed by atoms with van der Waals surface area (Å²) >= 11 is 7.41. The largest absolute Gasteiger partial charge is 0.236 e. The van der Waals surface area contributed by atoms with Gasteiger partial charge in [-0.2, -0.15) is 0 Å². The maximum atomic E-state index is 11.2. The summed E-state index contributed by atoms with van der Waals surface area (Å²) in [6, 6.07) is 5.66. The Morgan fingerprint density at radius 3 is 2.71 bits per heavy atom. The molecule has 5 heteroatoms. The van der Waals surface area contributed by atoms with Gasteiger partial charge in [-0.05, 0) is 34.6 Å². The number of hydrogen-bond donors (Lipinski definition) is 0. The summed E-state index contributed by atoms with van der Waals surface area (Å²) in [6.45, 7) is 1.91. The molecule has 1 atom stereocenters. The fourth-order valence-corrected chi connectivity index (χ4v) is 4.07. The van der Waals surface area contributed by atoms with E-state index in [1.807, 2.05) is 25.1 Å². The van der Waals surface area contributed by atoms with E-state index in [4.69, 9.17) is 22.3 Å². The van der Waals surface area contributed by atoms with E-state index in [0.29, 0.717) is 9.23 Å². The molecular formula is C9H6Cl2OS2. The Balaban J connectivity index is 2.86. The second-order valence-corrected chi connectivity index (χ2v) is 6.24. The van der Waals surface area contributed by atoms with Gasteiger partial charge >= 0.3 is 0 Å². The molecule has 1 aromatic carbocycles. The highest BCUT2D eigenvalue weighted by molar-refractivity contribution is 8.09. The van der Waals surface area contributed by atoms with Crippen molar-refractivity contribution < 1.29 is 4.21 Å². The molecule has 2 aromatic rings. The third-order valence-corrected chi connectivity index (χ3v) is 5.62. The minimum absolute atomic E-state index is 0.684. The number of aryl methyl sites for hydroxylation is 1. The Morgan fingerprint density at radius 1 is 1.43 bits per heavy atom. The van der Waals surface area contributed by atoms with Gasteiger partial charge in [0.25, 0.3) is 0 Å². The summed E-state index contributed by atoms with van der Waals surface area (Å²) in [4.78, 5) is 0. The molecule has 0 saturated carbocycles. The summed E-state index contributed by atoms with van der Waals surface area (Å²) in [6.07, 6.45) is 0. The highest BCUT2D eigenvalue weighted by atomic mass is 35.7. The maximum absolute atomic E-state index is 11.2. The first-order valence-electron chi connectivity index (χ1n) is 3.87. The first kappa shape index (κ1) is 10.4. The fraction of sp³-hybridized carbons (Fsp3) is 0.111. The minimum atomic E-state index is -1.45. The lowest BCUT2D eigenvalue weighted by Gasteiger charge is -1.92. The van der Waals surface area contributed by atoms with Gasteiger partial charge in [0.15, 0.2) is 10.0 Å². The number of fused-ring (bicyclic) bond motifs is 1. The van der Waals surface area contributed by atoms with Crippen LogP contribution in [0.3, 0.4) is 0 Å². The van der Waals surface area contributed by atoms with Crippen LogP contribution in [-0.2, 0) is 10.0 Å². The van der Waals surface area contributed by atoms with Crippen molar-refractivity contribution in [2.75, 3.05) is 0 Å². The third kappa shape index (κ3) is 1.58. The van der Waals surface area contributed by atoms with Gasteiger partial charge in [-0.1, -0.05) is 23.7 Å². The van der Waals surface area contributed by atoms with Gasteiger partial charge in [-0.25, -0.2) is 4.21 Å². The van der Waals surface area contributed by atoms with E-state index in [9.17, 15) is 4.21 Å². The molecule has 74 valence electrons. The van der Waals surface area contributed by atoms with Crippen molar-refractivity contribution in [2.45, 2.75) is 11.1 Å². The lowest BCUT2D eigenvalue weighted by atomic mass is 10.2. The van der Waals surface area contributed by atoms with Crippen molar-refractivity contribution in [3.63, 3.8) is 0 Å². The van der Waals surface area contributed by atoms with E-state index in [1.165, 1.54) is 11.3 Å². The Hall–Kier alpha value is -0.0900. The summed E-state index contributed by atoms with van der Waals surface area (Å²) in [7, 11) is 4.12. The third-order valence-electron chi connectivity index (χ3n) is 2.02. The second-order valence-electron chi connectivity index (χ2n) is 2.85. The normalized spacial score (nSPS) is 13.4. The van der Waals surface area contributed by atoms with Crippen LogP contribution in [0.25, 0.3) is 10.1 Å². The summed E-state index contributed by atoms with van der Waals surface area (Å²) < 4.78 is 12.8. The Morgan fingerprint density at radius 2 is 2.14 bits per heavy atom. The van der Waals surface area contributed by atoms with Gasteiger partial charge in [-0.3, -0.25) is 0 Å². The number of halogens is 2. The molecule has 0 radical (unpaired) electrons. The highest BCUT2D eigenvalue weighted by Gasteiger charge is 2.13. The predicted octanol–water partition coefficient (Wildman–Crippen LogP) is 4.12. The molecule has 0 amide bonds. The van der Waals surface area contributed by atoms with Crippen molar-refractivity contribution in [3.05, 3.63) is 28.8 Å². The van der Waals surface area contributed by atoms with E-state index in [1.54, 1.807) is 0 Å². The standard InChI is InChI=1S/C9H6Cl2OS2/c1-5-6-3-2-4-7(10)8(6)13-9(5)14(11)12/h2-4H,1H3. The molecule has 0 N–H and O–H groups in total. The molecule has 0 saturated heterocycles. The Labute approximate surface area is 97.6 Å². The van der Waals surface area contributed by atoms with Crippen LogP contribution in [0.15, 0.2) is 22.4 Å². The number of thiophene rings is 1. The molecular weight excluding hydrogens is 259 g/mol. The topological polar surface area (TPSA) is 17.1 Å². The average molecular weight is 265 g/mol. The summed E-state index contributed by atoms with van der Waals surface area (Å²) in [5.41, 5.74) is 0.959. The van der Waals surface area contributed by atoms with E-state index in [2.05, 4.69) is 0 Å². The molecule has 0 spiro atoms. The smallest absolute Gasteiger partial charge is 0.158 e. The lowest BCUT2D eigenvalue weighted by molar-refractivity contribution is 0.692. The van der Waals surface area contributed by atoms with Crippen LogP contribution in [0.4, 0.5) is 0 Å². The SMILES string of the molecule is Cc1c(S(=O)Cl)sc2c(Cl)cccc12.